The number of carbonyl (C=O) groups excluding carboxylic acids is 2. The van der Waals surface area contributed by atoms with Crippen molar-refractivity contribution < 1.29 is 14.3 Å². The summed E-state index contributed by atoms with van der Waals surface area (Å²) < 4.78 is 5.55. The second-order valence-corrected chi connectivity index (χ2v) is 12.2. The molecule has 1 fully saturated rings. The van der Waals surface area contributed by atoms with E-state index in [1.807, 2.05) is 76.5 Å². The molecule has 0 aliphatic carbocycles. The Hall–Kier alpha value is -3.75. The number of ether oxygens (including phenoxy) is 1. The van der Waals surface area contributed by atoms with Gasteiger partial charge in [0.2, 0.25) is 0 Å². The van der Waals surface area contributed by atoms with Crippen LogP contribution in [0.15, 0.2) is 71.7 Å². The van der Waals surface area contributed by atoms with Crippen molar-refractivity contribution in [3.8, 4) is 5.75 Å². The molecular formula is C33H37Cl2N5O3. The predicted molar refractivity (Wildman–Crippen MR) is 171 cm³/mol. The van der Waals surface area contributed by atoms with Crippen LogP contribution in [0.4, 0.5) is 9.59 Å². The van der Waals surface area contributed by atoms with Crippen LogP contribution in [0.2, 0.25) is 10.0 Å². The van der Waals surface area contributed by atoms with Gasteiger partial charge in [0.15, 0.2) is 0 Å². The van der Waals surface area contributed by atoms with Gasteiger partial charge in [-0.05, 0) is 65.1 Å². The Morgan fingerprint density at radius 2 is 1.42 bits per heavy atom. The fraction of sp³-hybridized carbons (Fsp3) is 0.364. The molecule has 0 spiro atoms. The molecule has 0 N–H and O–H groups in total. The molecule has 0 bridgehead atoms. The minimum Gasteiger partial charge on any atom is -0.497 e. The largest absolute Gasteiger partial charge is 0.497 e. The molecule has 5 rings (SSSR count). The number of urea groups is 2. The predicted octanol–water partition coefficient (Wildman–Crippen LogP) is 7.09. The molecule has 0 radical (unpaired) electrons. The summed E-state index contributed by atoms with van der Waals surface area (Å²) in [5.41, 5.74) is 3.76. The number of hydrogen-bond acceptors (Lipinski definition) is 4. The quantitative estimate of drug-likeness (QED) is 0.305. The highest BCUT2D eigenvalue weighted by molar-refractivity contribution is 6.30. The maximum Gasteiger partial charge on any atom is 0.326 e. The maximum absolute atomic E-state index is 14.7. The van der Waals surface area contributed by atoms with Gasteiger partial charge in [-0.15, -0.1) is 0 Å². The zero-order valence-corrected chi connectivity index (χ0v) is 26.6. The first-order chi connectivity index (χ1) is 20.6. The lowest BCUT2D eigenvalue weighted by Crippen LogP contribution is -2.56. The third kappa shape index (κ3) is 6.31. The van der Waals surface area contributed by atoms with E-state index in [4.69, 9.17) is 32.9 Å². The summed E-state index contributed by atoms with van der Waals surface area (Å²) in [5, 5.41) is 1.24. The standard InChI is InChI=1S/C33H37Cl2N5O3/c1-21(2)28-20-26(43-5)14-15-27(28)31-36-29(22-6-10-24(34)11-7-22)30(23-8-12-25(35)13-9-23)40(31)33(42)39-18-16-38(17-19-39)32(41)37(3)4/h6-15,20-21,29-30H,16-19H2,1-5H3. The van der Waals surface area contributed by atoms with Crippen LogP contribution in [0.25, 0.3) is 0 Å². The summed E-state index contributed by atoms with van der Waals surface area (Å²) in [6.07, 6.45) is 0. The van der Waals surface area contributed by atoms with Crippen molar-refractivity contribution in [2.75, 3.05) is 47.4 Å². The van der Waals surface area contributed by atoms with E-state index in [0.717, 1.165) is 28.0 Å². The van der Waals surface area contributed by atoms with Gasteiger partial charge in [0.25, 0.3) is 0 Å². The molecule has 10 heteroatoms. The van der Waals surface area contributed by atoms with Gasteiger partial charge >= 0.3 is 12.1 Å². The Balaban J connectivity index is 1.63. The summed E-state index contributed by atoms with van der Waals surface area (Å²) in [6, 6.07) is 20.1. The first-order valence-corrected chi connectivity index (χ1v) is 15.2. The number of amides is 4. The molecule has 2 aliphatic heterocycles. The second-order valence-electron chi connectivity index (χ2n) is 11.4. The second kappa shape index (κ2) is 12.9. The number of methoxy groups -OCH3 is 1. The van der Waals surface area contributed by atoms with Crippen molar-refractivity contribution in [1.29, 1.82) is 0 Å². The Labute approximate surface area is 263 Å². The van der Waals surface area contributed by atoms with Crippen LogP contribution in [-0.2, 0) is 0 Å². The van der Waals surface area contributed by atoms with Crippen molar-refractivity contribution in [3.63, 3.8) is 0 Å². The highest BCUT2D eigenvalue weighted by Gasteiger charge is 2.45. The van der Waals surface area contributed by atoms with E-state index >= 15 is 0 Å². The smallest absolute Gasteiger partial charge is 0.326 e. The molecule has 2 aliphatic rings. The molecule has 3 aromatic rings. The first-order valence-electron chi connectivity index (χ1n) is 14.4. The molecule has 43 heavy (non-hydrogen) atoms. The van der Waals surface area contributed by atoms with Crippen molar-refractivity contribution in [2.24, 2.45) is 4.99 Å². The van der Waals surface area contributed by atoms with E-state index in [1.165, 1.54) is 0 Å². The van der Waals surface area contributed by atoms with Crippen molar-refractivity contribution in [2.45, 2.75) is 31.8 Å². The minimum absolute atomic E-state index is 0.0582. The summed E-state index contributed by atoms with van der Waals surface area (Å²) >= 11 is 12.6. The van der Waals surface area contributed by atoms with Crippen LogP contribution < -0.4 is 4.74 Å². The zero-order valence-electron chi connectivity index (χ0n) is 25.1. The maximum atomic E-state index is 14.7. The third-order valence-electron chi connectivity index (χ3n) is 8.02. The normalized spacial score (nSPS) is 18.6. The van der Waals surface area contributed by atoms with Crippen molar-refractivity contribution in [3.05, 3.63) is 99.0 Å². The van der Waals surface area contributed by atoms with Crippen LogP contribution in [0.5, 0.6) is 5.75 Å². The van der Waals surface area contributed by atoms with Crippen molar-refractivity contribution >= 4 is 41.1 Å². The zero-order chi connectivity index (χ0) is 30.8. The van der Waals surface area contributed by atoms with Crippen LogP contribution in [0, 0.1) is 0 Å². The van der Waals surface area contributed by atoms with Crippen LogP contribution in [-0.4, -0.2) is 84.9 Å². The summed E-state index contributed by atoms with van der Waals surface area (Å²) in [5.74, 6) is 1.49. The van der Waals surface area contributed by atoms with Gasteiger partial charge in [-0.3, -0.25) is 9.89 Å². The molecule has 1 saturated heterocycles. The monoisotopic (exact) mass is 621 g/mol. The number of benzene rings is 3. The van der Waals surface area contributed by atoms with Gasteiger partial charge in [0.1, 0.15) is 17.6 Å². The fourth-order valence-electron chi connectivity index (χ4n) is 5.73. The van der Waals surface area contributed by atoms with E-state index in [9.17, 15) is 9.59 Å². The number of piperazine rings is 1. The average Bonchev–Trinajstić information content (AvgIpc) is 3.41. The van der Waals surface area contributed by atoms with Gasteiger partial charge in [-0.2, -0.15) is 0 Å². The van der Waals surface area contributed by atoms with E-state index < -0.39 is 12.1 Å². The average molecular weight is 623 g/mol. The lowest BCUT2D eigenvalue weighted by atomic mass is 9.93. The number of aliphatic imine (C=N–C) groups is 1. The molecule has 0 aromatic heterocycles. The third-order valence-corrected chi connectivity index (χ3v) is 8.52. The number of nitrogens with zero attached hydrogens (tertiary/aromatic N) is 5. The van der Waals surface area contributed by atoms with Gasteiger partial charge in [0, 0.05) is 55.9 Å². The first kappa shape index (κ1) is 30.7. The summed E-state index contributed by atoms with van der Waals surface area (Å²) in [4.78, 5) is 39.6. The van der Waals surface area contributed by atoms with Crippen LogP contribution >= 0.6 is 23.2 Å². The van der Waals surface area contributed by atoms with Crippen molar-refractivity contribution in [1.82, 2.24) is 19.6 Å². The molecule has 3 aromatic carbocycles. The number of carbonyl (C=O) groups is 2. The molecule has 0 saturated carbocycles. The number of amidine groups is 1. The Bertz CT molecular complexity index is 1500. The molecule has 2 unspecified atom stereocenters. The van der Waals surface area contributed by atoms with E-state index in [2.05, 4.69) is 13.8 Å². The highest BCUT2D eigenvalue weighted by atomic mass is 35.5. The highest BCUT2D eigenvalue weighted by Crippen LogP contribution is 2.45. The number of hydrogen-bond donors (Lipinski definition) is 0. The minimum atomic E-state index is -0.440. The van der Waals surface area contributed by atoms with E-state index in [1.54, 1.807) is 31.0 Å². The number of rotatable bonds is 5. The molecule has 2 atom stereocenters. The lowest BCUT2D eigenvalue weighted by Gasteiger charge is -2.39. The Kier molecular flexibility index (Phi) is 9.18. The molecule has 2 heterocycles. The van der Waals surface area contributed by atoms with Gasteiger partial charge in [0.05, 0.1) is 13.2 Å². The summed E-state index contributed by atoms with van der Waals surface area (Å²) in [6.45, 7) is 5.98. The SMILES string of the molecule is COc1ccc(C2=NC(c3ccc(Cl)cc3)C(c3ccc(Cl)cc3)N2C(=O)N2CCN(C(=O)N(C)C)CC2)c(C(C)C)c1. The molecule has 226 valence electrons. The van der Waals surface area contributed by atoms with Crippen LogP contribution in [0.3, 0.4) is 0 Å². The molecule has 8 nitrogen and oxygen atoms in total. The van der Waals surface area contributed by atoms with Gasteiger partial charge in [-0.25, -0.2) is 9.59 Å². The molecule has 4 amide bonds. The number of halogens is 2. The van der Waals surface area contributed by atoms with E-state index in [0.29, 0.717) is 42.1 Å². The van der Waals surface area contributed by atoms with Crippen LogP contribution in [0.1, 0.15) is 54.1 Å². The fourth-order valence-corrected chi connectivity index (χ4v) is 5.98. The lowest BCUT2D eigenvalue weighted by molar-refractivity contribution is 0.116. The molecular weight excluding hydrogens is 585 g/mol. The Morgan fingerprint density at radius 3 is 1.95 bits per heavy atom. The summed E-state index contributed by atoms with van der Waals surface area (Å²) in [7, 11) is 5.12. The van der Waals surface area contributed by atoms with Gasteiger partial charge in [-0.1, -0.05) is 61.3 Å². The Morgan fingerprint density at radius 1 is 0.860 bits per heavy atom. The van der Waals surface area contributed by atoms with E-state index in [-0.39, 0.29) is 18.0 Å². The topological polar surface area (TPSA) is 68.7 Å². The van der Waals surface area contributed by atoms with Gasteiger partial charge < -0.3 is 19.4 Å².